The van der Waals surface area contributed by atoms with E-state index in [-0.39, 0.29) is 29.2 Å². The van der Waals surface area contributed by atoms with Crippen molar-refractivity contribution in [1.82, 2.24) is 0 Å². The largest absolute Gasteiger partial charge is 0.481 e. The smallest absolute Gasteiger partial charge is 0.353 e. The summed E-state index contributed by atoms with van der Waals surface area (Å²) < 4.78 is 4.45. The summed E-state index contributed by atoms with van der Waals surface area (Å²) in [6.45, 7) is 1.08. The molecule has 2 aliphatic heterocycles. The van der Waals surface area contributed by atoms with Gasteiger partial charge in [0.05, 0.1) is 23.0 Å². The van der Waals surface area contributed by atoms with Crippen LogP contribution in [-0.2, 0) is 51.1 Å². The van der Waals surface area contributed by atoms with E-state index in [1.165, 1.54) is 6.08 Å². The van der Waals surface area contributed by atoms with E-state index in [9.17, 15) is 28.8 Å². The summed E-state index contributed by atoms with van der Waals surface area (Å²) >= 11 is 5.81. The van der Waals surface area contributed by atoms with Crippen LogP contribution < -0.4 is 10.6 Å². The zero-order chi connectivity index (χ0) is 31.3. The highest BCUT2D eigenvalue weighted by atomic mass is 79.9. The maximum Gasteiger partial charge on any atom is 0.353 e. The Morgan fingerprint density at radius 1 is 0.786 bits per heavy atom. The molecule has 0 saturated carbocycles. The maximum atomic E-state index is 11.7. The van der Waals surface area contributed by atoms with Crippen molar-refractivity contribution in [3.63, 3.8) is 0 Å². The number of esters is 2. The molecule has 42 heavy (non-hydrogen) atoms. The van der Waals surface area contributed by atoms with Gasteiger partial charge in [-0.15, -0.1) is 0 Å². The van der Waals surface area contributed by atoms with E-state index in [2.05, 4.69) is 36.6 Å². The van der Waals surface area contributed by atoms with E-state index in [0.29, 0.717) is 16.9 Å². The van der Waals surface area contributed by atoms with Crippen molar-refractivity contribution in [2.24, 2.45) is 0 Å². The number of amides is 2. The molecule has 2 aromatic rings. The third-order valence-electron chi connectivity index (χ3n) is 4.40. The van der Waals surface area contributed by atoms with Crippen LogP contribution >= 0.6 is 31.9 Å². The molecule has 224 valence electrons. The summed E-state index contributed by atoms with van der Waals surface area (Å²) in [4.78, 5) is 74.3. The molecule has 0 unspecified atom stereocenters. The van der Waals surface area contributed by atoms with E-state index in [1.54, 1.807) is 48.5 Å². The van der Waals surface area contributed by atoms with Gasteiger partial charge in [0.25, 0.3) is 17.8 Å². The van der Waals surface area contributed by atoms with Crippen molar-refractivity contribution in [2.75, 3.05) is 10.6 Å². The molecule has 0 atom stereocenters. The van der Waals surface area contributed by atoms with Crippen LogP contribution in [0.5, 0.6) is 0 Å². The number of halogens is 2. The molecular weight excluding hydrogens is 688 g/mol. The molecule has 2 amide bonds. The minimum Gasteiger partial charge on any atom is -0.481 e. The average molecular weight is 714 g/mol. The Balaban J connectivity index is 0.000000599. The van der Waals surface area contributed by atoms with Gasteiger partial charge in [0.2, 0.25) is 0 Å². The molecule has 0 aromatic heterocycles. The fourth-order valence-electron chi connectivity index (χ4n) is 2.77. The van der Waals surface area contributed by atoms with E-state index >= 15 is 0 Å². The molecule has 0 spiro atoms. The Labute approximate surface area is 256 Å². The Morgan fingerprint density at radius 3 is 1.50 bits per heavy atom. The van der Waals surface area contributed by atoms with Gasteiger partial charge in [-0.25, -0.2) is 14.5 Å². The summed E-state index contributed by atoms with van der Waals surface area (Å²) in [6.07, 6.45) is 2.25. The predicted octanol–water partition coefficient (Wildman–Crippen LogP) is 3.44. The lowest BCUT2D eigenvalue weighted by Gasteiger charge is -2.14. The van der Waals surface area contributed by atoms with Gasteiger partial charge in [0.15, 0.2) is 0 Å². The van der Waals surface area contributed by atoms with Crippen molar-refractivity contribution in [3.8, 4) is 0 Å². The Hall–Kier alpha value is -4.63. The van der Waals surface area contributed by atoms with E-state index in [1.807, 2.05) is 0 Å². The highest BCUT2D eigenvalue weighted by Crippen LogP contribution is 2.25. The molecule has 0 radical (unpaired) electrons. The number of ether oxygens (including phenoxy) is 1. The van der Waals surface area contributed by atoms with Crippen LogP contribution in [0.3, 0.4) is 0 Å². The second-order valence-corrected chi connectivity index (χ2v) is 9.45. The van der Waals surface area contributed by atoms with Gasteiger partial charge in [-0.05, 0) is 67.3 Å². The first-order chi connectivity index (χ1) is 19.1. The zero-order valence-corrected chi connectivity index (χ0v) is 24.2. The standard InChI is InChI=1S/C12H8BrNO4.C8H9NO2.C4HBrO3.C2H4O2.CH4/c13-9-6-10(15)14(12(9)18)8-3-1-7(2-4-8)5-11(16)17;9-7-3-1-6(2-4-7)5-8(10)11;5-2-1-3(6)8-4(2)7;1-2(3)4;/h1-4,6H,5H2,(H,16,17);1-4H,5,9H2,(H,10,11);1H;1H3,(H,3,4);1H4. The molecule has 2 aromatic carbocycles. The van der Waals surface area contributed by atoms with Crippen LogP contribution in [0.25, 0.3) is 0 Å². The molecule has 2 heterocycles. The van der Waals surface area contributed by atoms with Gasteiger partial charge < -0.3 is 25.8 Å². The molecule has 0 bridgehead atoms. The first-order valence-electron chi connectivity index (χ1n) is 11.1. The normalized spacial score (nSPS) is 13.0. The molecule has 0 saturated heterocycles. The van der Waals surface area contributed by atoms with Crippen LogP contribution in [0, 0.1) is 0 Å². The van der Waals surface area contributed by atoms with E-state index in [4.69, 9.17) is 25.8 Å². The minimum absolute atomic E-state index is 0. The summed E-state index contributed by atoms with van der Waals surface area (Å²) in [5.74, 6) is -4.66. The number of anilines is 2. The highest BCUT2D eigenvalue weighted by molar-refractivity contribution is 9.12. The monoisotopic (exact) mass is 712 g/mol. The number of benzene rings is 2. The van der Waals surface area contributed by atoms with Crippen molar-refractivity contribution in [1.29, 1.82) is 0 Å². The van der Waals surface area contributed by atoms with Crippen molar-refractivity contribution in [3.05, 3.63) is 80.8 Å². The number of hydrogen-bond acceptors (Lipinski definition) is 9. The quantitative estimate of drug-likeness (QED) is 0.152. The van der Waals surface area contributed by atoms with Gasteiger partial charge in [-0.2, -0.15) is 0 Å². The fourth-order valence-corrected chi connectivity index (χ4v) is 3.41. The first-order valence-corrected chi connectivity index (χ1v) is 12.6. The average Bonchev–Trinajstić information content (AvgIpc) is 3.29. The van der Waals surface area contributed by atoms with Crippen LogP contribution in [-0.4, -0.2) is 57.0 Å². The fraction of sp³-hybridized carbons (Fsp3) is 0.148. The van der Waals surface area contributed by atoms with Gasteiger partial charge in [-0.3, -0.25) is 24.0 Å². The molecule has 0 aliphatic carbocycles. The highest BCUT2D eigenvalue weighted by Gasteiger charge is 2.30. The van der Waals surface area contributed by atoms with Gasteiger partial charge in [-0.1, -0.05) is 31.7 Å². The van der Waals surface area contributed by atoms with E-state index < -0.39 is 41.7 Å². The van der Waals surface area contributed by atoms with Crippen LogP contribution in [0.1, 0.15) is 25.5 Å². The van der Waals surface area contributed by atoms with Crippen LogP contribution in [0.15, 0.2) is 69.6 Å². The first kappa shape index (κ1) is 37.4. The lowest BCUT2D eigenvalue weighted by Crippen LogP contribution is -2.30. The third kappa shape index (κ3) is 13.6. The lowest BCUT2D eigenvalue weighted by atomic mass is 10.1. The number of hydrogen-bond donors (Lipinski definition) is 4. The number of carbonyl (C=O) groups excluding carboxylic acids is 4. The Kier molecular flexibility index (Phi) is 16.0. The Bertz CT molecular complexity index is 1400. The van der Waals surface area contributed by atoms with E-state index in [0.717, 1.165) is 23.5 Å². The van der Waals surface area contributed by atoms with Crippen molar-refractivity contribution < 1.29 is 53.6 Å². The lowest BCUT2D eigenvalue weighted by molar-refractivity contribution is -0.150. The number of cyclic esters (lactones) is 2. The number of imide groups is 1. The van der Waals surface area contributed by atoms with Gasteiger partial charge in [0, 0.05) is 24.8 Å². The molecule has 2 aliphatic rings. The number of nitrogens with zero attached hydrogens (tertiary/aromatic N) is 1. The molecule has 0 fully saturated rings. The summed E-state index contributed by atoms with van der Waals surface area (Å²) in [5.41, 5.74) is 7.86. The number of carboxylic acids is 3. The topological polar surface area (TPSA) is 219 Å². The van der Waals surface area contributed by atoms with Gasteiger partial charge in [0.1, 0.15) is 4.48 Å². The number of nitrogens with two attached hydrogens (primary N) is 1. The molecule has 15 heteroatoms. The second-order valence-electron chi connectivity index (χ2n) is 7.74. The minimum atomic E-state index is -0.930. The summed E-state index contributed by atoms with van der Waals surface area (Å²) in [7, 11) is 0. The molecule has 13 nitrogen and oxygen atoms in total. The maximum absolute atomic E-state index is 11.7. The molecule has 4 rings (SSSR count). The SMILES string of the molecule is C.CC(=O)O.Nc1ccc(CC(=O)O)cc1.O=C(O)Cc1ccc(N2C(=O)C=C(Br)C2=O)cc1.O=C1C=C(Br)C(=O)O1. The number of aliphatic carboxylic acids is 3. The molecular formula is C27H26Br2N2O11. The second kappa shape index (κ2) is 17.9. The summed E-state index contributed by atoms with van der Waals surface area (Å²) in [5, 5.41) is 24.5. The van der Waals surface area contributed by atoms with Crippen LogP contribution in [0.4, 0.5) is 11.4 Å². The number of carbonyl (C=O) groups is 7. The Morgan fingerprint density at radius 2 is 1.21 bits per heavy atom. The van der Waals surface area contributed by atoms with Crippen molar-refractivity contribution >= 4 is 84.9 Å². The summed E-state index contributed by atoms with van der Waals surface area (Å²) in [6, 6.07) is 13.1. The number of carboxylic acid groups (broad SMARTS) is 3. The van der Waals surface area contributed by atoms with Crippen LogP contribution in [0.2, 0.25) is 0 Å². The van der Waals surface area contributed by atoms with Crippen molar-refractivity contribution in [2.45, 2.75) is 27.2 Å². The number of rotatable bonds is 5. The van der Waals surface area contributed by atoms with Gasteiger partial charge >= 0.3 is 23.9 Å². The molecule has 5 N–H and O–H groups in total. The predicted molar refractivity (Wildman–Crippen MR) is 158 cm³/mol. The third-order valence-corrected chi connectivity index (χ3v) is 5.52. The number of nitrogen functional groups attached to an aromatic ring is 1. The zero-order valence-electron chi connectivity index (χ0n) is 21.1.